The Morgan fingerprint density at radius 1 is 1.13 bits per heavy atom. The highest BCUT2D eigenvalue weighted by Gasteiger charge is 2.18. The van der Waals surface area contributed by atoms with E-state index < -0.39 is 11.9 Å². The lowest BCUT2D eigenvalue weighted by Crippen LogP contribution is -2.32. The number of Topliss-reactive ketones (excluding diaryl/α,β-unsaturated/α-hetero) is 1. The number of amides is 2. The molecule has 0 spiro atoms. The highest BCUT2D eigenvalue weighted by atomic mass is 16.7. The van der Waals surface area contributed by atoms with Crippen LogP contribution >= 0.6 is 0 Å². The molecule has 1 aromatic carbocycles. The average Bonchev–Trinajstić information content (AvgIpc) is 2.94. The molecule has 2 rings (SSSR count). The summed E-state index contributed by atoms with van der Waals surface area (Å²) in [5, 5.41) is 17.3. The van der Waals surface area contributed by atoms with Crippen LogP contribution in [0.25, 0.3) is 6.08 Å². The van der Waals surface area contributed by atoms with Crippen molar-refractivity contribution in [3.63, 3.8) is 0 Å². The molecule has 0 radical (unpaired) electrons. The number of phenolic OH excluding ortho intramolecular Hbond substituents is 1. The third kappa shape index (κ3) is 15.8. The summed E-state index contributed by atoms with van der Waals surface area (Å²) in [6, 6.07) is 5.21. The number of ketones is 1. The van der Waals surface area contributed by atoms with Gasteiger partial charge in [-0.2, -0.15) is 0 Å². The summed E-state index contributed by atoms with van der Waals surface area (Å²) in [6.07, 6.45) is 11.0. The number of aliphatic hydroxyl groups is 1. The van der Waals surface area contributed by atoms with Crippen LogP contribution in [-0.2, 0) is 35.4 Å². The number of hydroxylamine groups is 2. The Morgan fingerprint density at radius 3 is 2.54 bits per heavy atom. The summed E-state index contributed by atoms with van der Waals surface area (Å²) in [4.78, 5) is 51.7. The largest absolute Gasteiger partial charge is 0.508 e. The molecule has 9 nitrogen and oxygen atoms in total. The number of carbonyl (C=O) groups is 4. The number of phenols is 1. The molecule has 2 amide bonds. The molecule has 0 saturated heterocycles. The van der Waals surface area contributed by atoms with Gasteiger partial charge in [-0.3, -0.25) is 14.4 Å². The van der Waals surface area contributed by atoms with E-state index in [1.54, 1.807) is 19.1 Å². The van der Waals surface area contributed by atoms with E-state index in [9.17, 15) is 24.3 Å². The van der Waals surface area contributed by atoms with Crippen LogP contribution in [0.4, 0.5) is 0 Å². The van der Waals surface area contributed by atoms with Crippen LogP contribution in [0.5, 0.6) is 5.75 Å². The fourth-order valence-electron chi connectivity index (χ4n) is 3.92. The highest BCUT2D eigenvalue weighted by Crippen LogP contribution is 2.23. The summed E-state index contributed by atoms with van der Waals surface area (Å²) in [5.41, 5.74) is 1.87. The maximum atomic E-state index is 12.1. The van der Waals surface area contributed by atoms with Gasteiger partial charge < -0.3 is 19.8 Å². The van der Waals surface area contributed by atoms with Gasteiger partial charge in [0.2, 0.25) is 0 Å². The molecule has 0 fully saturated rings. The van der Waals surface area contributed by atoms with Crippen molar-refractivity contribution in [3.05, 3.63) is 35.4 Å². The van der Waals surface area contributed by atoms with Gasteiger partial charge >= 0.3 is 5.97 Å². The van der Waals surface area contributed by atoms with E-state index in [0.29, 0.717) is 50.2 Å². The Hall–Kier alpha value is -3.04. The second-order valence-electron chi connectivity index (χ2n) is 8.83. The van der Waals surface area contributed by atoms with E-state index in [2.05, 4.69) is 0 Å². The monoisotopic (exact) mass is 549 g/mol. The fraction of sp³-hybridized carbons (Fsp3) is 0.600. The number of imide groups is 1. The van der Waals surface area contributed by atoms with Crippen molar-refractivity contribution in [1.29, 1.82) is 0 Å². The quantitative estimate of drug-likeness (QED) is 0.242. The zero-order chi connectivity index (χ0) is 29.5. The standard InChI is InChI=1S/C27H37NO7.C2H6.CH4O/c1-2-9-26(32)28(20-29)35-27(33)15-7-6-13-25-14-8-12-23(30)11-5-3-4-10-21-18-24(31)17-16-22(21)19-34-25;2*1-2/h4,10,16-18,20,25,31H,2-3,5-9,11-15,19H2,1H3;1-2H3;2H,1H3/b10-4+;;. The van der Waals surface area contributed by atoms with Crippen LogP contribution in [-0.4, -0.2) is 52.6 Å². The molecule has 1 aliphatic heterocycles. The van der Waals surface area contributed by atoms with Crippen LogP contribution < -0.4 is 0 Å². The van der Waals surface area contributed by atoms with Crippen LogP contribution in [0.1, 0.15) is 109 Å². The number of rotatable bonds is 8. The smallest absolute Gasteiger partial charge is 0.333 e. The minimum absolute atomic E-state index is 0.0787. The van der Waals surface area contributed by atoms with Gasteiger partial charge in [-0.05, 0) is 68.2 Å². The maximum absolute atomic E-state index is 12.1. The second kappa shape index (κ2) is 22.9. The van der Waals surface area contributed by atoms with Gasteiger partial charge in [-0.1, -0.05) is 45.4 Å². The zero-order valence-corrected chi connectivity index (χ0v) is 24.0. The van der Waals surface area contributed by atoms with Gasteiger partial charge in [0.15, 0.2) is 0 Å². The van der Waals surface area contributed by atoms with E-state index in [0.717, 1.165) is 43.9 Å². The number of ether oxygens (including phenoxy) is 1. The van der Waals surface area contributed by atoms with Crippen molar-refractivity contribution in [1.82, 2.24) is 5.06 Å². The maximum Gasteiger partial charge on any atom is 0.333 e. The molecule has 0 bridgehead atoms. The number of unbranched alkanes of at least 4 members (excludes halogenated alkanes) is 1. The third-order valence-electron chi connectivity index (χ3n) is 5.87. The number of allylic oxidation sites excluding steroid dienone is 1. The first-order chi connectivity index (χ1) is 18.9. The molecule has 2 N–H and O–H groups in total. The van der Waals surface area contributed by atoms with Gasteiger partial charge in [0.25, 0.3) is 12.3 Å². The first-order valence-corrected chi connectivity index (χ1v) is 14.0. The van der Waals surface area contributed by atoms with Crippen molar-refractivity contribution in [3.8, 4) is 5.75 Å². The SMILES string of the molecule is CC.CCCC(=O)N(C=O)OC(=O)CCCCC1CCCC(=O)CCC/C=C/c2cc(O)ccc2CO1.CO. The number of fused-ring (bicyclic) bond motifs is 1. The Kier molecular flexibility index (Phi) is 21.1. The zero-order valence-electron chi connectivity index (χ0n) is 24.0. The molecule has 1 unspecified atom stereocenters. The summed E-state index contributed by atoms with van der Waals surface area (Å²) < 4.78 is 6.19. The minimum Gasteiger partial charge on any atom is -0.508 e. The van der Waals surface area contributed by atoms with Crippen molar-refractivity contribution < 1.29 is 39.0 Å². The number of carbonyl (C=O) groups excluding carboxylic acids is 4. The molecule has 9 heteroatoms. The molecular formula is C30H47NO8. The van der Waals surface area contributed by atoms with Crippen LogP contribution in [0.15, 0.2) is 24.3 Å². The molecule has 220 valence electrons. The lowest BCUT2D eigenvalue weighted by molar-refractivity contribution is -0.196. The molecule has 0 saturated carbocycles. The Bertz CT molecular complexity index is 884. The molecular weight excluding hydrogens is 502 g/mol. The van der Waals surface area contributed by atoms with Crippen molar-refractivity contribution in [2.45, 2.75) is 111 Å². The summed E-state index contributed by atoms with van der Waals surface area (Å²) >= 11 is 0. The lowest BCUT2D eigenvalue weighted by atomic mass is 10.0. The van der Waals surface area contributed by atoms with E-state index in [1.165, 1.54) is 0 Å². The molecule has 39 heavy (non-hydrogen) atoms. The number of nitrogens with zero attached hydrogens (tertiary/aromatic N) is 1. The van der Waals surface area contributed by atoms with Crippen molar-refractivity contribution in [2.24, 2.45) is 0 Å². The van der Waals surface area contributed by atoms with E-state index in [4.69, 9.17) is 14.7 Å². The number of hydrogen-bond acceptors (Lipinski definition) is 8. The van der Waals surface area contributed by atoms with Gasteiger partial charge in [0.05, 0.1) is 12.7 Å². The topological polar surface area (TPSA) is 130 Å². The Morgan fingerprint density at radius 2 is 1.85 bits per heavy atom. The summed E-state index contributed by atoms with van der Waals surface area (Å²) in [7, 11) is 1.00. The third-order valence-corrected chi connectivity index (χ3v) is 5.87. The molecule has 1 heterocycles. The second-order valence-corrected chi connectivity index (χ2v) is 8.83. The lowest BCUT2D eigenvalue weighted by Gasteiger charge is -2.19. The number of aliphatic hydroxyl groups excluding tert-OH is 1. The molecule has 1 aliphatic rings. The van der Waals surface area contributed by atoms with E-state index >= 15 is 0 Å². The number of hydrogen-bond donors (Lipinski definition) is 2. The van der Waals surface area contributed by atoms with Crippen LogP contribution in [0.3, 0.4) is 0 Å². The number of aromatic hydroxyl groups is 1. The fourth-order valence-corrected chi connectivity index (χ4v) is 3.92. The van der Waals surface area contributed by atoms with Crippen molar-refractivity contribution in [2.75, 3.05) is 7.11 Å². The van der Waals surface area contributed by atoms with Gasteiger partial charge in [-0.25, -0.2) is 4.79 Å². The first-order valence-electron chi connectivity index (χ1n) is 14.0. The first kappa shape index (κ1) is 36.0. The molecule has 0 aliphatic carbocycles. The van der Waals surface area contributed by atoms with Crippen LogP contribution in [0, 0.1) is 0 Å². The van der Waals surface area contributed by atoms with Crippen LogP contribution in [0.2, 0.25) is 0 Å². The predicted octanol–water partition coefficient (Wildman–Crippen LogP) is 5.65. The predicted molar refractivity (Wildman–Crippen MR) is 150 cm³/mol. The molecule has 0 aromatic heterocycles. The molecule has 1 aromatic rings. The number of benzene rings is 1. The average molecular weight is 550 g/mol. The normalized spacial score (nSPS) is 16.5. The van der Waals surface area contributed by atoms with E-state index in [1.807, 2.05) is 32.1 Å². The summed E-state index contributed by atoms with van der Waals surface area (Å²) in [6.45, 7) is 6.18. The Balaban J connectivity index is 0.00000344. The summed E-state index contributed by atoms with van der Waals surface area (Å²) in [5.74, 6) is -0.716. The van der Waals surface area contributed by atoms with Gasteiger partial charge in [0, 0.05) is 32.8 Å². The van der Waals surface area contributed by atoms with Gasteiger partial charge in [0.1, 0.15) is 11.5 Å². The van der Waals surface area contributed by atoms with Gasteiger partial charge in [-0.15, -0.1) is 5.06 Å². The van der Waals surface area contributed by atoms with E-state index in [-0.39, 0.29) is 36.9 Å². The van der Waals surface area contributed by atoms with Crippen molar-refractivity contribution >= 4 is 30.1 Å². The Labute approximate surface area is 233 Å². The highest BCUT2D eigenvalue weighted by molar-refractivity contribution is 5.86. The minimum atomic E-state index is -0.625. The molecule has 1 atom stereocenters.